The highest BCUT2D eigenvalue weighted by atomic mass is 32.1. The number of ether oxygens (including phenoxy) is 2. The Kier molecular flexibility index (Phi) is 4.78. The molecule has 0 fully saturated rings. The Morgan fingerprint density at radius 3 is 3.00 bits per heavy atom. The van der Waals surface area contributed by atoms with E-state index in [-0.39, 0.29) is 24.7 Å². The predicted octanol–water partition coefficient (Wildman–Crippen LogP) is 2.69. The van der Waals surface area contributed by atoms with Crippen LogP contribution in [0.1, 0.15) is 30.4 Å². The van der Waals surface area contributed by atoms with Crippen LogP contribution in [0.5, 0.6) is 11.5 Å². The number of hydrogen-bond acceptors (Lipinski definition) is 5. The first-order valence-corrected chi connectivity index (χ1v) is 8.74. The fourth-order valence-corrected chi connectivity index (χ4v) is 3.40. The predicted molar refractivity (Wildman–Crippen MR) is 92.6 cm³/mol. The second kappa shape index (κ2) is 6.83. The normalized spacial score (nSPS) is 16.1. The first-order valence-electron chi connectivity index (χ1n) is 7.86. The Bertz CT molecular complexity index is 712. The zero-order chi connectivity index (χ0) is 17.2. The van der Waals surface area contributed by atoms with Gasteiger partial charge < -0.3 is 19.9 Å². The Labute approximate surface area is 145 Å². The van der Waals surface area contributed by atoms with E-state index in [1.807, 2.05) is 43.5 Å². The van der Waals surface area contributed by atoms with Crippen LogP contribution in [0.4, 0.5) is 0 Å². The van der Waals surface area contributed by atoms with Crippen molar-refractivity contribution in [3.63, 3.8) is 0 Å². The average Bonchev–Trinajstić information content (AvgIpc) is 3.16. The van der Waals surface area contributed by atoms with Crippen molar-refractivity contribution in [3.05, 3.63) is 46.2 Å². The van der Waals surface area contributed by atoms with Crippen molar-refractivity contribution in [2.45, 2.75) is 32.0 Å². The molecule has 0 aliphatic carbocycles. The smallest absolute Gasteiger partial charge is 0.258 e. The van der Waals surface area contributed by atoms with E-state index in [0.29, 0.717) is 11.5 Å². The number of thiophene rings is 1. The molecule has 0 bridgehead atoms. The van der Waals surface area contributed by atoms with Crippen LogP contribution < -0.4 is 14.8 Å². The summed E-state index contributed by atoms with van der Waals surface area (Å²) < 4.78 is 11.5. The van der Waals surface area contributed by atoms with Crippen molar-refractivity contribution in [3.8, 4) is 11.5 Å². The zero-order valence-electron chi connectivity index (χ0n) is 13.7. The summed E-state index contributed by atoms with van der Waals surface area (Å²) in [6.07, 6.45) is 0.123. The minimum atomic E-state index is -0.695. The standard InChI is InChI=1S/C18H21NO4S/c1-18(2)9-12-5-3-6-14(17(12)23-18)22-11-16(21)19-10-13(20)15-7-4-8-24-15/h3-8,13,20H,9-11H2,1-2H3,(H,19,21)/t13-/m0/s1. The first-order chi connectivity index (χ1) is 11.4. The van der Waals surface area contributed by atoms with Crippen LogP contribution in [0.2, 0.25) is 0 Å². The van der Waals surface area contributed by atoms with Crippen LogP contribution in [0.25, 0.3) is 0 Å². The molecule has 2 heterocycles. The zero-order valence-corrected chi connectivity index (χ0v) is 14.6. The molecule has 1 atom stereocenters. The van der Waals surface area contributed by atoms with Crippen LogP contribution in [0.15, 0.2) is 35.7 Å². The van der Waals surface area contributed by atoms with Gasteiger partial charge in [-0.15, -0.1) is 11.3 Å². The largest absolute Gasteiger partial charge is 0.483 e. The second-order valence-corrected chi connectivity index (χ2v) is 7.39. The number of carbonyl (C=O) groups excluding carboxylic acids is 1. The van der Waals surface area contributed by atoms with Crippen molar-refractivity contribution in [2.75, 3.05) is 13.2 Å². The van der Waals surface area contributed by atoms with E-state index in [1.54, 1.807) is 6.07 Å². The summed E-state index contributed by atoms with van der Waals surface area (Å²) in [5.74, 6) is 1.02. The SMILES string of the molecule is CC1(C)Cc2cccc(OCC(=O)NC[C@H](O)c3cccs3)c2O1. The van der Waals surface area contributed by atoms with E-state index in [2.05, 4.69) is 5.32 Å². The Morgan fingerprint density at radius 1 is 1.42 bits per heavy atom. The Hall–Kier alpha value is -2.05. The van der Waals surface area contributed by atoms with Crippen molar-refractivity contribution in [2.24, 2.45) is 0 Å². The molecular formula is C18H21NO4S. The lowest BCUT2D eigenvalue weighted by Crippen LogP contribution is -2.32. The molecule has 0 unspecified atom stereocenters. The monoisotopic (exact) mass is 347 g/mol. The van der Waals surface area contributed by atoms with Crippen molar-refractivity contribution in [1.82, 2.24) is 5.32 Å². The third-order valence-corrected chi connectivity index (χ3v) is 4.75. The number of para-hydroxylation sites is 1. The van der Waals surface area contributed by atoms with Gasteiger partial charge in [0.15, 0.2) is 18.1 Å². The van der Waals surface area contributed by atoms with E-state index in [0.717, 1.165) is 16.9 Å². The molecule has 3 rings (SSSR count). The molecule has 0 saturated carbocycles. The maximum absolute atomic E-state index is 11.9. The van der Waals surface area contributed by atoms with Crippen molar-refractivity contribution < 1.29 is 19.4 Å². The fourth-order valence-electron chi connectivity index (χ4n) is 2.69. The average molecular weight is 347 g/mol. The van der Waals surface area contributed by atoms with Crippen molar-refractivity contribution in [1.29, 1.82) is 0 Å². The number of carbonyl (C=O) groups is 1. The summed E-state index contributed by atoms with van der Waals surface area (Å²) in [4.78, 5) is 12.8. The quantitative estimate of drug-likeness (QED) is 0.843. The molecule has 1 aromatic heterocycles. The molecule has 0 saturated heterocycles. The molecule has 2 N–H and O–H groups in total. The first kappa shape index (κ1) is 16.8. The van der Waals surface area contributed by atoms with Gasteiger partial charge in [-0.2, -0.15) is 0 Å². The van der Waals surface area contributed by atoms with E-state index in [9.17, 15) is 9.90 Å². The fraction of sp³-hybridized carbons (Fsp3) is 0.389. The Balaban J connectivity index is 1.52. The number of aliphatic hydroxyl groups excluding tert-OH is 1. The Morgan fingerprint density at radius 2 is 2.25 bits per heavy atom. The molecule has 1 aliphatic rings. The highest BCUT2D eigenvalue weighted by molar-refractivity contribution is 7.10. The lowest BCUT2D eigenvalue weighted by atomic mass is 10.0. The van der Waals surface area contributed by atoms with Gasteiger partial charge in [-0.3, -0.25) is 4.79 Å². The number of benzene rings is 1. The molecule has 0 radical (unpaired) electrons. The van der Waals surface area contributed by atoms with Crippen molar-refractivity contribution >= 4 is 17.2 Å². The second-order valence-electron chi connectivity index (χ2n) is 6.41. The molecule has 1 aromatic carbocycles. The molecule has 2 aromatic rings. The van der Waals surface area contributed by atoms with E-state index >= 15 is 0 Å². The summed E-state index contributed by atoms with van der Waals surface area (Å²) >= 11 is 1.46. The molecule has 6 heteroatoms. The number of fused-ring (bicyclic) bond motifs is 1. The van der Waals surface area contributed by atoms with Gasteiger partial charge in [-0.25, -0.2) is 0 Å². The highest BCUT2D eigenvalue weighted by Crippen LogP contribution is 2.41. The number of nitrogens with one attached hydrogen (secondary N) is 1. The van der Waals surface area contributed by atoms with Gasteiger partial charge in [0.05, 0.1) is 0 Å². The van der Waals surface area contributed by atoms with Crippen LogP contribution in [-0.2, 0) is 11.2 Å². The summed E-state index contributed by atoms with van der Waals surface area (Å²) in [5, 5.41) is 14.5. The van der Waals surface area contributed by atoms with Crippen LogP contribution in [0, 0.1) is 0 Å². The van der Waals surface area contributed by atoms with Crippen LogP contribution in [0.3, 0.4) is 0 Å². The molecule has 1 amide bonds. The van der Waals surface area contributed by atoms with Gasteiger partial charge in [-0.05, 0) is 31.4 Å². The number of rotatable bonds is 6. The van der Waals surface area contributed by atoms with Gasteiger partial charge in [0.2, 0.25) is 0 Å². The van der Waals surface area contributed by atoms with Gasteiger partial charge in [0.25, 0.3) is 5.91 Å². The molecule has 24 heavy (non-hydrogen) atoms. The minimum Gasteiger partial charge on any atom is -0.483 e. The number of hydrogen-bond donors (Lipinski definition) is 2. The number of amides is 1. The molecule has 0 spiro atoms. The summed E-state index contributed by atoms with van der Waals surface area (Å²) in [7, 11) is 0. The molecule has 128 valence electrons. The summed E-state index contributed by atoms with van der Waals surface area (Å²) in [5.41, 5.74) is 0.834. The van der Waals surface area contributed by atoms with Gasteiger partial charge in [-0.1, -0.05) is 18.2 Å². The number of aliphatic hydroxyl groups is 1. The lowest BCUT2D eigenvalue weighted by Gasteiger charge is -2.18. The molecular weight excluding hydrogens is 326 g/mol. The van der Waals surface area contributed by atoms with E-state index < -0.39 is 6.10 Å². The third kappa shape index (κ3) is 3.88. The third-order valence-electron chi connectivity index (χ3n) is 3.78. The van der Waals surface area contributed by atoms with Gasteiger partial charge >= 0.3 is 0 Å². The van der Waals surface area contributed by atoms with Crippen LogP contribution >= 0.6 is 11.3 Å². The van der Waals surface area contributed by atoms with E-state index in [4.69, 9.17) is 9.47 Å². The molecule has 1 aliphatic heterocycles. The topological polar surface area (TPSA) is 67.8 Å². The summed E-state index contributed by atoms with van der Waals surface area (Å²) in [6, 6.07) is 9.41. The highest BCUT2D eigenvalue weighted by Gasteiger charge is 2.32. The van der Waals surface area contributed by atoms with E-state index in [1.165, 1.54) is 11.3 Å². The summed E-state index contributed by atoms with van der Waals surface area (Å²) in [6.45, 7) is 4.10. The maximum atomic E-state index is 11.9. The minimum absolute atomic E-state index is 0.114. The lowest BCUT2D eigenvalue weighted by molar-refractivity contribution is -0.123. The van der Waals surface area contributed by atoms with Gasteiger partial charge in [0.1, 0.15) is 11.7 Å². The van der Waals surface area contributed by atoms with Gasteiger partial charge in [0, 0.05) is 23.4 Å². The maximum Gasteiger partial charge on any atom is 0.258 e. The molecule has 5 nitrogen and oxygen atoms in total. The van der Waals surface area contributed by atoms with Crippen LogP contribution in [-0.4, -0.2) is 29.8 Å².